The molecule has 1 heterocycles. The van der Waals surface area contributed by atoms with E-state index in [1.807, 2.05) is 11.3 Å². The first-order chi connectivity index (χ1) is 12.2. The third-order valence-electron chi connectivity index (χ3n) is 5.25. The first-order valence-corrected chi connectivity index (χ1v) is 10.6. The molecule has 0 amide bonds. The fourth-order valence-corrected chi connectivity index (χ4v) is 4.94. The van der Waals surface area contributed by atoms with Gasteiger partial charge in [-0.15, -0.1) is 11.3 Å². The highest BCUT2D eigenvalue weighted by Gasteiger charge is 2.13. The molecule has 0 spiro atoms. The maximum atomic E-state index is 6.10. The number of thiophene rings is 1. The van der Waals surface area contributed by atoms with Crippen LogP contribution in [0.25, 0.3) is 20.2 Å². The van der Waals surface area contributed by atoms with Gasteiger partial charge in [-0.1, -0.05) is 51.7 Å². The fraction of sp³-hybridized carbons (Fsp3) is 0.478. The third-order valence-corrected chi connectivity index (χ3v) is 6.72. The highest BCUT2D eigenvalue weighted by Crippen LogP contribution is 2.41. The zero-order valence-electron chi connectivity index (χ0n) is 16.1. The molecule has 0 saturated heterocycles. The predicted octanol–water partition coefficient (Wildman–Crippen LogP) is 7.58. The van der Waals surface area contributed by atoms with Crippen LogP contribution in [0.4, 0.5) is 0 Å². The van der Waals surface area contributed by atoms with Crippen LogP contribution in [-0.2, 0) is 6.42 Å². The van der Waals surface area contributed by atoms with Crippen molar-refractivity contribution >= 4 is 31.5 Å². The third kappa shape index (κ3) is 3.69. The van der Waals surface area contributed by atoms with Gasteiger partial charge in [0.25, 0.3) is 0 Å². The summed E-state index contributed by atoms with van der Waals surface area (Å²) < 4.78 is 8.93. The largest absolute Gasteiger partial charge is 0.493 e. The fourth-order valence-electron chi connectivity index (χ4n) is 3.62. The van der Waals surface area contributed by atoms with Crippen LogP contribution in [0.2, 0.25) is 0 Å². The lowest BCUT2D eigenvalue weighted by molar-refractivity contribution is 0.303. The SMILES string of the molecule is CCCCCCCOc1ccc2c(sc3c(C)c(CC)ccc32)c1C. The topological polar surface area (TPSA) is 9.23 Å². The predicted molar refractivity (Wildman–Crippen MR) is 112 cm³/mol. The maximum Gasteiger partial charge on any atom is 0.123 e. The lowest BCUT2D eigenvalue weighted by Gasteiger charge is -2.09. The number of unbranched alkanes of at least 4 members (excludes halogenated alkanes) is 4. The Morgan fingerprint density at radius 1 is 0.800 bits per heavy atom. The minimum absolute atomic E-state index is 0.833. The van der Waals surface area contributed by atoms with Crippen molar-refractivity contribution < 1.29 is 4.74 Å². The molecule has 3 aromatic rings. The van der Waals surface area contributed by atoms with E-state index in [2.05, 4.69) is 52.0 Å². The van der Waals surface area contributed by atoms with Crippen molar-refractivity contribution in [3.8, 4) is 5.75 Å². The van der Waals surface area contributed by atoms with E-state index in [1.54, 1.807) is 0 Å². The van der Waals surface area contributed by atoms with Gasteiger partial charge in [0.15, 0.2) is 0 Å². The molecule has 0 N–H and O–H groups in total. The summed E-state index contributed by atoms with van der Waals surface area (Å²) in [5, 5.41) is 2.77. The highest BCUT2D eigenvalue weighted by atomic mass is 32.1. The molecule has 0 radical (unpaired) electrons. The van der Waals surface area contributed by atoms with Crippen LogP contribution in [0.3, 0.4) is 0 Å². The Hall–Kier alpha value is -1.54. The lowest BCUT2D eigenvalue weighted by atomic mass is 10.0. The summed E-state index contributed by atoms with van der Waals surface area (Å²) in [5.74, 6) is 1.06. The number of ether oxygens (including phenoxy) is 1. The van der Waals surface area contributed by atoms with Crippen molar-refractivity contribution in [2.24, 2.45) is 0 Å². The van der Waals surface area contributed by atoms with Gasteiger partial charge in [0.05, 0.1) is 6.61 Å². The van der Waals surface area contributed by atoms with Gasteiger partial charge in [-0.2, -0.15) is 0 Å². The van der Waals surface area contributed by atoms with Crippen LogP contribution < -0.4 is 4.74 Å². The van der Waals surface area contributed by atoms with Gasteiger partial charge < -0.3 is 4.74 Å². The molecule has 1 aromatic heterocycles. The number of aryl methyl sites for hydroxylation is 3. The van der Waals surface area contributed by atoms with Crippen LogP contribution in [-0.4, -0.2) is 6.61 Å². The van der Waals surface area contributed by atoms with E-state index in [-0.39, 0.29) is 0 Å². The van der Waals surface area contributed by atoms with Crippen LogP contribution in [0.15, 0.2) is 24.3 Å². The van der Waals surface area contributed by atoms with E-state index in [9.17, 15) is 0 Å². The number of rotatable bonds is 8. The molecule has 3 rings (SSSR count). The van der Waals surface area contributed by atoms with Crippen LogP contribution >= 0.6 is 11.3 Å². The zero-order valence-corrected chi connectivity index (χ0v) is 16.9. The Balaban J connectivity index is 1.84. The van der Waals surface area contributed by atoms with Gasteiger partial charge in [0.1, 0.15) is 5.75 Å². The summed E-state index contributed by atoms with van der Waals surface area (Å²) in [5.41, 5.74) is 4.20. The van der Waals surface area contributed by atoms with E-state index in [1.165, 1.54) is 62.5 Å². The molecule has 0 unspecified atom stereocenters. The average molecular weight is 355 g/mol. The van der Waals surface area contributed by atoms with Crippen molar-refractivity contribution in [1.29, 1.82) is 0 Å². The van der Waals surface area contributed by atoms with E-state index < -0.39 is 0 Å². The number of hydrogen-bond donors (Lipinski definition) is 0. The molecule has 0 saturated carbocycles. The summed E-state index contributed by atoms with van der Waals surface area (Å²) >= 11 is 1.93. The molecule has 134 valence electrons. The summed E-state index contributed by atoms with van der Waals surface area (Å²) in [7, 11) is 0. The maximum absolute atomic E-state index is 6.10. The van der Waals surface area contributed by atoms with Crippen molar-refractivity contribution in [3.05, 3.63) is 41.0 Å². The van der Waals surface area contributed by atoms with Gasteiger partial charge in [0, 0.05) is 25.7 Å². The van der Waals surface area contributed by atoms with Crippen molar-refractivity contribution in [2.45, 2.75) is 66.2 Å². The Kier molecular flexibility index (Phi) is 6.01. The molecule has 0 atom stereocenters. The summed E-state index contributed by atoms with van der Waals surface area (Å²) in [6.45, 7) is 9.80. The van der Waals surface area contributed by atoms with Crippen LogP contribution in [0.1, 0.15) is 62.6 Å². The molecular weight excluding hydrogens is 324 g/mol. The van der Waals surface area contributed by atoms with Crippen molar-refractivity contribution in [1.82, 2.24) is 0 Å². The monoisotopic (exact) mass is 354 g/mol. The Labute approximate surface area is 156 Å². The van der Waals surface area contributed by atoms with E-state index in [0.717, 1.165) is 25.2 Å². The Morgan fingerprint density at radius 3 is 2.20 bits per heavy atom. The van der Waals surface area contributed by atoms with Crippen molar-refractivity contribution in [3.63, 3.8) is 0 Å². The lowest BCUT2D eigenvalue weighted by Crippen LogP contribution is -1.98. The van der Waals surface area contributed by atoms with Gasteiger partial charge in [0.2, 0.25) is 0 Å². The van der Waals surface area contributed by atoms with Crippen molar-refractivity contribution in [2.75, 3.05) is 6.61 Å². The van der Waals surface area contributed by atoms with E-state index >= 15 is 0 Å². The molecule has 2 aromatic carbocycles. The Bertz CT molecular complexity index is 860. The van der Waals surface area contributed by atoms with Gasteiger partial charge >= 0.3 is 0 Å². The minimum atomic E-state index is 0.833. The second kappa shape index (κ2) is 8.23. The van der Waals surface area contributed by atoms with Crippen LogP contribution in [0.5, 0.6) is 5.75 Å². The second-order valence-corrected chi connectivity index (χ2v) is 8.03. The molecule has 0 aliphatic carbocycles. The smallest absolute Gasteiger partial charge is 0.123 e. The van der Waals surface area contributed by atoms with E-state index in [4.69, 9.17) is 4.74 Å². The van der Waals surface area contributed by atoms with Crippen LogP contribution in [0, 0.1) is 13.8 Å². The first-order valence-electron chi connectivity index (χ1n) is 9.74. The Morgan fingerprint density at radius 2 is 1.48 bits per heavy atom. The summed E-state index contributed by atoms with van der Waals surface area (Å²) in [6.07, 6.45) is 7.49. The molecule has 25 heavy (non-hydrogen) atoms. The number of benzene rings is 2. The van der Waals surface area contributed by atoms with Gasteiger partial charge in [-0.25, -0.2) is 0 Å². The van der Waals surface area contributed by atoms with E-state index in [0.29, 0.717) is 0 Å². The van der Waals surface area contributed by atoms with Gasteiger partial charge in [-0.3, -0.25) is 0 Å². The molecule has 1 nitrogen and oxygen atoms in total. The van der Waals surface area contributed by atoms with Gasteiger partial charge in [-0.05, 0) is 49.9 Å². The average Bonchev–Trinajstić information content (AvgIpc) is 3.00. The molecule has 0 aliphatic rings. The zero-order chi connectivity index (χ0) is 17.8. The molecule has 2 heteroatoms. The standard InChI is InChI=1S/C23H30OS/c1-5-7-8-9-10-15-24-21-14-13-20-19-12-11-18(6-2)16(3)22(19)25-23(20)17(21)4/h11-14H,5-10,15H2,1-4H3. The number of hydrogen-bond acceptors (Lipinski definition) is 2. The normalized spacial score (nSPS) is 11.5. The molecule has 0 fully saturated rings. The quantitative estimate of drug-likeness (QED) is 0.379. The first kappa shape index (κ1) is 18.3. The molecule has 0 aliphatic heterocycles. The highest BCUT2D eigenvalue weighted by molar-refractivity contribution is 7.26. The number of fused-ring (bicyclic) bond motifs is 3. The minimum Gasteiger partial charge on any atom is -0.493 e. The summed E-state index contributed by atoms with van der Waals surface area (Å²) in [6, 6.07) is 9.01. The second-order valence-electron chi connectivity index (χ2n) is 7.01. The molecular formula is C23H30OS. The summed E-state index contributed by atoms with van der Waals surface area (Å²) in [4.78, 5) is 0. The molecule has 0 bridgehead atoms.